The van der Waals surface area contributed by atoms with Crippen LogP contribution in [0.5, 0.6) is 11.5 Å². The molecule has 4 bridgehead atoms. The number of carbonyl (C=O) groups excluding carboxylic acids is 15. The van der Waals surface area contributed by atoms with E-state index in [9.17, 15) is 97.5 Å². The number of rotatable bonds is 13. The molecule has 2 aromatic carbocycles. The molecule has 4 fully saturated rings. The summed E-state index contributed by atoms with van der Waals surface area (Å²) in [6.07, 6.45) is -4.90. The Morgan fingerprint density at radius 2 is 1.09 bits per heavy atom. The third-order valence-corrected chi connectivity index (χ3v) is 22.5. The molecule has 2 aromatic rings. The zero-order valence-electron chi connectivity index (χ0n) is 53.9. The molecule has 0 spiro atoms. The van der Waals surface area contributed by atoms with Crippen molar-refractivity contribution in [2.45, 2.75) is 137 Å². The molecule has 14 amide bonds. The number of nitrogens with zero attached hydrogens (tertiary/aromatic N) is 1. The number of aliphatic carboxylic acids is 2. The molecule has 101 heavy (non-hydrogen) atoms. The molecular formula is C59H76N14O22S6. The van der Waals surface area contributed by atoms with Crippen molar-refractivity contribution in [3.8, 4) is 11.5 Å². The van der Waals surface area contributed by atoms with E-state index >= 15 is 9.59 Å². The lowest BCUT2D eigenvalue weighted by Gasteiger charge is -2.30. The molecule has 550 valence electrons. The van der Waals surface area contributed by atoms with Gasteiger partial charge in [-0.3, -0.25) is 76.7 Å². The van der Waals surface area contributed by atoms with Crippen LogP contribution in [0, 0.1) is 0 Å². The summed E-state index contributed by atoms with van der Waals surface area (Å²) >= 11 is 0. The number of hydrogen-bond acceptors (Lipinski definition) is 26. The molecule has 4 aliphatic rings. The number of carboxylic acids is 2. The van der Waals surface area contributed by atoms with Crippen LogP contribution in [0.1, 0.15) is 57.1 Å². The molecule has 0 aromatic heterocycles. The van der Waals surface area contributed by atoms with E-state index in [2.05, 4.69) is 63.8 Å². The average molecular weight is 1530 g/mol. The number of phenolic OH excluding ortho intramolecular Hbond substituents is 2. The summed E-state index contributed by atoms with van der Waals surface area (Å²) < 4.78 is 0. The summed E-state index contributed by atoms with van der Waals surface area (Å²) in [6.45, 7) is 1.11. The first-order valence-electron chi connectivity index (χ1n) is 31.0. The van der Waals surface area contributed by atoms with Crippen molar-refractivity contribution in [1.82, 2.24) is 68.7 Å². The Labute approximate surface area is 599 Å². The number of hydrogen-bond donors (Lipinski definition) is 18. The number of ketones is 1. The van der Waals surface area contributed by atoms with Crippen LogP contribution in [-0.2, 0) is 94.3 Å². The summed E-state index contributed by atoms with van der Waals surface area (Å²) in [7, 11) is 4.20. The molecule has 0 radical (unpaired) electrons. The van der Waals surface area contributed by atoms with Gasteiger partial charge in [0.15, 0.2) is 0 Å². The number of nitrogens with one attached hydrogen (secondary N) is 12. The highest BCUT2D eigenvalue weighted by molar-refractivity contribution is 8.77. The lowest BCUT2D eigenvalue weighted by Crippen LogP contribution is -2.61. The monoisotopic (exact) mass is 1520 g/mol. The van der Waals surface area contributed by atoms with Crippen molar-refractivity contribution < 1.29 is 107 Å². The van der Waals surface area contributed by atoms with Crippen LogP contribution in [0.2, 0.25) is 0 Å². The standard InChI is InChI=1S/C59H76N14O22S6/c1-26-47(82)68-40-24-99-98-23-39-51(86)64-32(13-14-45(80)81)48(83)65-33(16-28-5-9-30(75)10-6-28)49(84)69-38(53(88)70-37(22-100-101-25-42(77)56(91)71-39)52(87)66-34(18-43(60)78)58(93)73-15-3-4-41(73)55(90)62-26)21-97-96-20-36(63-44(79)19-61-57(92)46(27(2)74)72-54(40)89)50(85)67-35(59(94)95)17-29-7-11-31(76)12-8-29/h5-12,26-27,32-41,46,74-76H,3-4,13-25H2,1-2H3,(H2,60,78)(H,61,92)(H,62,90)(H,63,79)(H,64,86)(H,65,83)(H,66,87)(H,67,85)(H,68,82)(H,69,84)(H,70,88)(H,71,91)(H,72,89)(H,80,81)(H,94,95)/t26-,27+,32-,33-,34-,35-,36-,37-,38-,39-,40-,41-,46-/m0/s1. The highest BCUT2D eigenvalue weighted by Gasteiger charge is 2.42. The number of nitrogens with two attached hydrogens (primary N) is 1. The quantitative estimate of drug-likeness (QED) is 0.0505. The van der Waals surface area contributed by atoms with Crippen molar-refractivity contribution in [3.05, 3.63) is 59.7 Å². The summed E-state index contributed by atoms with van der Waals surface area (Å²) in [5, 5.41) is 79.8. The molecule has 0 aliphatic carbocycles. The number of aliphatic hydroxyl groups is 1. The number of aliphatic hydroxyl groups excluding tert-OH is 1. The molecule has 36 nitrogen and oxygen atoms in total. The van der Waals surface area contributed by atoms with Gasteiger partial charge >= 0.3 is 11.9 Å². The normalized spacial score (nSPS) is 26.6. The zero-order chi connectivity index (χ0) is 74.2. The van der Waals surface area contributed by atoms with Crippen molar-refractivity contribution in [2.75, 3.05) is 47.6 Å². The van der Waals surface area contributed by atoms with Crippen LogP contribution in [0.25, 0.3) is 0 Å². The minimum absolute atomic E-state index is 0.0266. The number of primary amides is 1. The maximum atomic E-state index is 15.1. The molecule has 13 atom stereocenters. The Morgan fingerprint density at radius 1 is 0.584 bits per heavy atom. The van der Waals surface area contributed by atoms with Crippen molar-refractivity contribution in [3.63, 3.8) is 0 Å². The van der Waals surface area contributed by atoms with Gasteiger partial charge in [0.2, 0.25) is 82.6 Å². The van der Waals surface area contributed by atoms with E-state index in [4.69, 9.17) is 5.73 Å². The van der Waals surface area contributed by atoms with Crippen molar-refractivity contribution in [2.24, 2.45) is 5.73 Å². The lowest BCUT2D eigenvalue weighted by atomic mass is 10.0. The average Bonchev–Trinajstić information content (AvgIpc) is 1.75. The van der Waals surface area contributed by atoms with E-state index in [1.54, 1.807) is 0 Å². The first-order valence-corrected chi connectivity index (χ1v) is 38.5. The minimum Gasteiger partial charge on any atom is -0.508 e. The maximum Gasteiger partial charge on any atom is 0.326 e. The number of carbonyl (C=O) groups is 17. The molecule has 6 rings (SSSR count). The van der Waals surface area contributed by atoms with Crippen LogP contribution in [0.3, 0.4) is 0 Å². The Hall–Kier alpha value is -8.71. The number of phenols is 2. The van der Waals surface area contributed by atoms with Gasteiger partial charge in [-0.2, -0.15) is 0 Å². The molecular weight excluding hydrogens is 1450 g/mol. The van der Waals surface area contributed by atoms with Gasteiger partial charge in [-0.15, -0.1) is 0 Å². The second-order valence-corrected chi connectivity index (χ2v) is 30.8. The van der Waals surface area contributed by atoms with Crippen molar-refractivity contribution in [1.29, 1.82) is 0 Å². The predicted octanol–water partition coefficient (Wildman–Crippen LogP) is -5.70. The fourth-order valence-electron chi connectivity index (χ4n) is 9.97. The van der Waals surface area contributed by atoms with Gasteiger partial charge in [-0.05, 0) is 68.5 Å². The third kappa shape index (κ3) is 25.7. The zero-order valence-corrected chi connectivity index (χ0v) is 58.8. The molecule has 0 saturated carbocycles. The van der Waals surface area contributed by atoms with Gasteiger partial charge in [-0.1, -0.05) is 89.0 Å². The Kier molecular flexibility index (Phi) is 31.8. The van der Waals surface area contributed by atoms with E-state index in [-0.39, 0.29) is 42.9 Å². The third-order valence-electron chi connectivity index (χ3n) is 15.4. The number of Topliss-reactive ketones (excluding diaryl/α,β-unsaturated/α-hetero) is 1. The molecule has 4 heterocycles. The summed E-state index contributed by atoms with van der Waals surface area (Å²) in [4.78, 5) is 240. The van der Waals surface area contributed by atoms with Gasteiger partial charge < -0.3 is 100.0 Å². The molecule has 0 unspecified atom stereocenters. The summed E-state index contributed by atoms with van der Waals surface area (Å²) in [5.74, 6) is -24.5. The molecule has 19 N–H and O–H groups in total. The van der Waals surface area contributed by atoms with Crippen LogP contribution < -0.4 is 69.5 Å². The van der Waals surface area contributed by atoms with Crippen LogP contribution in [-0.4, -0.2) is 257 Å². The van der Waals surface area contributed by atoms with E-state index in [0.29, 0.717) is 59.5 Å². The van der Waals surface area contributed by atoms with Gasteiger partial charge in [-0.25, -0.2) is 4.79 Å². The van der Waals surface area contributed by atoms with Crippen LogP contribution in [0.15, 0.2) is 48.5 Å². The number of carboxylic acid groups (broad SMARTS) is 2. The highest BCUT2D eigenvalue weighted by Crippen LogP contribution is 2.28. The Balaban J connectivity index is 1.56. The molecule has 42 heteroatoms. The summed E-state index contributed by atoms with van der Waals surface area (Å²) in [6, 6.07) is -10.8. The largest absolute Gasteiger partial charge is 0.508 e. The van der Waals surface area contributed by atoms with Crippen LogP contribution in [0.4, 0.5) is 0 Å². The van der Waals surface area contributed by atoms with Crippen LogP contribution >= 0.6 is 64.8 Å². The molecule has 4 saturated heterocycles. The SMILES string of the molecule is C[C@@H]1NC(=O)[C@@H]2CCCN2C(=O)[C@H](CC(N)=O)NC(=O)[C@@H]2CSSCC(=O)C(=O)N[C@H]3CSSC[C@H](NC1=O)C(=O)N[C@@H]([C@@H](C)O)C(=O)NCC(=O)N[C@H](C(=O)N[C@@H](Cc1ccc(O)cc1)C(=O)O)CSSC[C@H](NC(=O)[C@H](Cc1ccc(O)cc1)NC(=O)[C@H](CCC(=O)O)NC3=O)C(=O)N2. The highest BCUT2D eigenvalue weighted by atomic mass is 33.1. The van der Waals surface area contributed by atoms with Gasteiger partial charge in [0.05, 0.1) is 24.8 Å². The van der Waals surface area contributed by atoms with Crippen molar-refractivity contribution >= 4 is 165 Å². The fraction of sp³-hybridized carbons (Fsp3) is 0.508. The first-order chi connectivity index (χ1) is 47.9. The Morgan fingerprint density at radius 3 is 1.66 bits per heavy atom. The number of amides is 14. The minimum atomic E-state index is -1.95. The van der Waals surface area contributed by atoms with E-state index < -0.39 is 246 Å². The van der Waals surface area contributed by atoms with E-state index in [1.165, 1.54) is 55.5 Å². The van der Waals surface area contributed by atoms with Gasteiger partial charge in [0.1, 0.15) is 84.0 Å². The first kappa shape index (κ1) is 81.3. The second-order valence-electron chi connectivity index (χ2n) is 23.2. The maximum absolute atomic E-state index is 15.1. The van der Waals surface area contributed by atoms with Gasteiger partial charge in [0.25, 0.3) is 5.91 Å². The fourth-order valence-corrected chi connectivity index (χ4v) is 16.7. The number of fused-ring (bicyclic) bond motifs is 20. The smallest absolute Gasteiger partial charge is 0.326 e. The Bertz CT molecular complexity index is 3450. The lowest BCUT2D eigenvalue weighted by molar-refractivity contribution is -0.143. The van der Waals surface area contributed by atoms with E-state index in [1.807, 2.05) is 0 Å². The molecule has 4 aliphatic heterocycles. The number of aromatic hydroxyl groups is 2. The summed E-state index contributed by atoms with van der Waals surface area (Å²) in [5.41, 5.74) is 6.20. The second kappa shape index (κ2) is 39.5. The predicted molar refractivity (Wildman–Crippen MR) is 368 cm³/mol. The number of benzene rings is 2. The van der Waals surface area contributed by atoms with Gasteiger partial charge in [0, 0.05) is 54.6 Å². The van der Waals surface area contributed by atoms with E-state index in [0.717, 1.165) is 22.6 Å². The topological polar surface area (TPSA) is 565 Å².